The molecule has 2 aromatic heterocycles. The van der Waals surface area contributed by atoms with Crippen LogP contribution in [0.2, 0.25) is 0 Å². The number of nitrogens with two attached hydrogens (primary N) is 1. The monoisotopic (exact) mass is 289 g/mol. The molecule has 116 valence electrons. The van der Waals surface area contributed by atoms with Crippen molar-refractivity contribution in [1.82, 2.24) is 19.3 Å². The number of aromatic nitrogens is 4. The minimum absolute atomic E-state index is 0.636. The van der Waals surface area contributed by atoms with Gasteiger partial charge in [-0.2, -0.15) is 5.10 Å². The second kappa shape index (κ2) is 5.70. The lowest BCUT2D eigenvalue weighted by molar-refractivity contribution is 0.269. The van der Waals surface area contributed by atoms with Crippen molar-refractivity contribution in [2.75, 3.05) is 5.73 Å². The molecule has 0 unspecified atom stereocenters. The zero-order valence-corrected chi connectivity index (χ0v) is 13.5. The first-order valence-corrected chi connectivity index (χ1v) is 8.29. The number of nitrogen functional groups attached to an aromatic ring is 1. The lowest BCUT2D eigenvalue weighted by atomic mass is 9.81. The summed E-state index contributed by atoms with van der Waals surface area (Å²) in [6.07, 6.45) is 6.70. The number of fused-ring (bicyclic) bond motifs is 1. The molecule has 5 nitrogen and oxygen atoms in total. The zero-order chi connectivity index (χ0) is 15.0. The number of anilines is 1. The minimum atomic E-state index is 0.636. The number of rotatable bonds is 4. The summed E-state index contributed by atoms with van der Waals surface area (Å²) < 4.78 is 4.19. The minimum Gasteiger partial charge on any atom is -0.369 e. The molecule has 0 saturated heterocycles. The smallest absolute Gasteiger partial charge is 0.202 e. The molecule has 1 saturated carbocycles. The molecule has 1 fully saturated rings. The van der Waals surface area contributed by atoms with Crippen molar-refractivity contribution in [2.24, 2.45) is 11.8 Å². The van der Waals surface area contributed by atoms with E-state index in [2.05, 4.69) is 28.5 Å². The van der Waals surface area contributed by atoms with Crippen LogP contribution in [-0.4, -0.2) is 19.3 Å². The maximum Gasteiger partial charge on any atom is 0.202 e. The van der Waals surface area contributed by atoms with E-state index in [-0.39, 0.29) is 0 Å². The fourth-order valence-electron chi connectivity index (χ4n) is 3.61. The maximum absolute atomic E-state index is 6.14. The first-order valence-electron chi connectivity index (χ1n) is 8.29. The van der Waals surface area contributed by atoms with Crippen LogP contribution in [0.3, 0.4) is 0 Å². The van der Waals surface area contributed by atoms with E-state index in [4.69, 9.17) is 5.73 Å². The van der Waals surface area contributed by atoms with Gasteiger partial charge in [0.05, 0.1) is 5.69 Å². The Kier molecular flexibility index (Phi) is 3.91. The van der Waals surface area contributed by atoms with Crippen LogP contribution in [0.15, 0.2) is 0 Å². The topological polar surface area (TPSA) is 61.7 Å². The molecule has 0 bridgehead atoms. The van der Waals surface area contributed by atoms with Crippen LogP contribution in [0, 0.1) is 18.8 Å². The molecule has 2 N–H and O–H groups in total. The van der Waals surface area contributed by atoms with Crippen LogP contribution in [0.4, 0.5) is 5.95 Å². The van der Waals surface area contributed by atoms with Gasteiger partial charge in [0, 0.05) is 13.1 Å². The number of aryl methyl sites for hydroxylation is 3. The molecule has 0 amide bonds. The van der Waals surface area contributed by atoms with Crippen LogP contribution in [-0.2, 0) is 13.1 Å². The summed E-state index contributed by atoms with van der Waals surface area (Å²) in [5.74, 6) is 2.39. The number of hydrogen-bond acceptors (Lipinski definition) is 3. The lowest BCUT2D eigenvalue weighted by Crippen LogP contribution is -2.16. The van der Waals surface area contributed by atoms with E-state index in [1.165, 1.54) is 32.1 Å². The standard InChI is InChI=1S/C16H27N5/c1-4-21-15-14(12(3)19-21)18-16(17)20(15)10-9-13-7-5-11(2)6-8-13/h11,13H,4-10H2,1-3H3,(H2,17,18). The highest BCUT2D eigenvalue weighted by Gasteiger charge is 2.20. The molecule has 0 aromatic carbocycles. The van der Waals surface area contributed by atoms with Crippen molar-refractivity contribution < 1.29 is 0 Å². The van der Waals surface area contributed by atoms with E-state index in [0.717, 1.165) is 41.8 Å². The maximum atomic E-state index is 6.14. The summed E-state index contributed by atoms with van der Waals surface area (Å²) in [6.45, 7) is 8.31. The SMILES string of the molecule is CCn1nc(C)c2nc(N)n(CCC3CCC(C)CC3)c21. The zero-order valence-electron chi connectivity index (χ0n) is 13.5. The summed E-state index contributed by atoms with van der Waals surface area (Å²) >= 11 is 0. The van der Waals surface area contributed by atoms with Gasteiger partial charge in [-0.25, -0.2) is 9.67 Å². The fourth-order valence-corrected chi connectivity index (χ4v) is 3.61. The Morgan fingerprint density at radius 2 is 1.95 bits per heavy atom. The van der Waals surface area contributed by atoms with E-state index in [9.17, 15) is 0 Å². The highest BCUT2D eigenvalue weighted by molar-refractivity contribution is 5.77. The van der Waals surface area contributed by atoms with Crippen LogP contribution in [0.5, 0.6) is 0 Å². The molecule has 0 aliphatic heterocycles. The highest BCUT2D eigenvalue weighted by Crippen LogP contribution is 2.31. The molecule has 21 heavy (non-hydrogen) atoms. The van der Waals surface area contributed by atoms with Gasteiger partial charge in [0.1, 0.15) is 5.52 Å². The molecule has 3 rings (SSSR count). The average molecular weight is 289 g/mol. The number of hydrogen-bond donors (Lipinski definition) is 1. The van der Waals surface area contributed by atoms with Gasteiger partial charge in [-0.3, -0.25) is 4.57 Å². The van der Waals surface area contributed by atoms with Gasteiger partial charge in [-0.15, -0.1) is 0 Å². The molecule has 0 atom stereocenters. The van der Waals surface area contributed by atoms with E-state index in [1.54, 1.807) is 0 Å². The van der Waals surface area contributed by atoms with E-state index >= 15 is 0 Å². The molecule has 5 heteroatoms. The van der Waals surface area contributed by atoms with Crippen molar-refractivity contribution in [2.45, 2.75) is 66.0 Å². The second-order valence-electron chi connectivity index (χ2n) is 6.61. The van der Waals surface area contributed by atoms with Crippen LogP contribution >= 0.6 is 0 Å². The Morgan fingerprint density at radius 3 is 2.62 bits per heavy atom. The predicted octanol–water partition coefficient (Wildman–Crippen LogP) is 3.36. The Bertz CT molecular complexity index is 616. The van der Waals surface area contributed by atoms with Gasteiger partial charge >= 0.3 is 0 Å². The largest absolute Gasteiger partial charge is 0.369 e. The summed E-state index contributed by atoms with van der Waals surface area (Å²) in [4.78, 5) is 4.51. The molecule has 1 aliphatic rings. The molecule has 0 spiro atoms. The van der Waals surface area contributed by atoms with E-state index in [0.29, 0.717) is 5.95 Å². The van der Waals surface area contributed by atoms with Crippen LogP contribution in [0.1, 0.15) is 51.6 Å². The Balaban J connectivity index is 1.78. The highest BCUT2D eigenvalue weighted by atomic mass is 15.4. The molecule has 0 radical (unpaired) electrons. The summed E-state index contributed by atoms with van der Waals surface area (Å²) in [5.41, 5.74) is 9.17. The third kappa shape index (κ3) is 2.65. The molecular formula is C16H27N5. The first-order chi connectivity index (χ1) is 10.1. The Labute approximate surface area is 126 Å². The van der Waals surface area contributed by atoms with Crippen LogP contribution < -0.4 is 5.73 Å². The second-order valence-corrected chi connectivity index (χ2v) is 6.61. The summed E-state index contributed by atoms with van der Waals surface area (Å²) in [7, 11) is 0. The summed E-state index contributed by atoms with van der Waals surface area (Å²) in [5, 5.41) is 4.55. The van der Waals surface area contributed by atoms with Crippen molar-refractivity contribution in [3.8, 4) is 0 Å². The van der Waals surface area contributed by atoms with Gasteiger partial charge in [-0.05, 0) is 32.1 Å². The number of imidazole rings is 1. The predicted molar refractivity (Wildman–Crippen MR) is 86.1 cm³/mol. The van der Waals surface area contributed by atoms with Gasteiger partial charge in [-0.1, -0.05) is 32.6 Å². The molecular weight excluding hydrogens is 262 g/mol. The van der Waals surface area contributed by atoms with Crippen molar-refractivity contribution in [3.05, 3.63) is 5.69 Å². The fraction of sp³-hybridized carbons (Fsp3) is 0.750. The first kappa shape index (κ1) is 14.4. The van der Waals surface area contributed by atoms with Crippen molar-refractivity contribution in [3.63, 3.8) is 0 Å². The Morgan fingerprint density at radius 1 is 1.24 bits per heavy atom. The average Bonchev–Trinajstić information content (AvgIpc) is 2.96. The van der Waals surface area contributed by atoms with Crippen molar-refractivity contribution in [1.29, 1.82) is 0 Å². The molecule has 2 heterocycles. The molecule has 1 aliphatic carbocycles. The third-order valence-corrected chi connectivity index (χ3v) is 5.02. The van der Waals surface area contributed by atoms with Gasteiger partial charge < -0.3 is 5.73 Å². The van der Waals surface area contributed by atoms with E-state index in [1.807, 2.05) is 11.6 Å². The van der Waals surface area contributed by atoms with E-state index < -0.39 is 0 Å². The van der Waals surface area contributed by atoms with Gasteiger partial charge in [0.2, 0.25) is 5.95 Å². The quantitative estimate of drug-likeness (QED) is 0.938. The van der Waals surface area contributed by atoms with Crippen LogP contribution in [0.25, 0.3) is 11.2 Å². The van der Waals surface area contributed by atoms with Crippen molar-refractivity contribution >= 4 is 17.1 Å². The molecule has 2 aromatic rings. The third-order valence-electron chi connectivity index (χ3n) is 5.02. The lowest BCUT2D eigenvalue weighted by Gasteiger charge is -2.26. The summed E-state index contributed by atoms with van der Waals surface area (Å²) in [6, 6.07) is 0. The number of nitrogens with zero attached hydrogens (tertiary/aromatic N) is 4. The van der Waals surface area contributed by atoms with Gasteiger partial charge in [0.15, 0.2) is 5.65 Å². The van der Waals surface area contributed by atoms with Gasteiger partial charge in [0.25, 0.3) is 0 Å². The normalized spacial score (nSPS) is 23.0. The Hall–Kier alpha value is -1.52.